The van der Waals surface area contributed by atoms with Crippen molar-refractivity contribution in [1.29, 1.82) is 0 Å². The molecule has 1 saturated carbocycles. The van der Waals surface area contributed by atoms with Crippen LogP contribution in [0.2, 0.25) is 0 Å². The zero-order chi connectivity index (χ0) is 17.0. The minimum atomic E-state index is -1.05. The summed E-state index contributed by atoms with van der Waals surface area (Å²) < 4.78 is 37.2. The first-order valence-electron chi connectivity index (χ1n) is 7.06. The number of benzene rings is 1. The first-order chi connectivity index (χ1) is 10.9. The van der Waals surface area contributed by atoms with E-state index in [1.54, 1.807) is 0 Å². The molecular weight excluding hydrogens is 310 g/mol. The fourth-order valence-corrected chi connectivity index (χ4v) is 2.52. The largest absolute Gasteiger partial charge is 0.465 e. The number of methoxy groups -OCH3 is 2. The number of rotatable bonds is 5. The molecule has 1 aromatic rings. The van der Waals surface area contributed by atoms with E-state index in [1.807, 2.05) is 0 Å². The molecule has 1 aromatic carbocycles. The molecule has 126 valence electrons. The molecule has 0 unspecified atom stereocenters. The summed E-state index contributed by atoms with van der Waals surface area (Å²) in [4.78, 5) is 23.4. The first kappa shape index (κ1) is 17.1. The highest BCUT2D eigenvalue weighted by atomic mass is 19.1. The van der Waals surface area contributed by atoms with Crippen molar-refractivity contribution in [2.24, 2.45) is 0 Å². The van der Waals surface area contributed by atoms with Crippen molar-refractivity contribution in [3.8, 4) is 0 Å². The molecule has 2 amide bonds. The topological polar surface area (TPSA) is 76.7 Å². The summed E-state index contributed by atoms with van der Waals surface area (Å²) >= 11 is 0. The van der Waals surface area contributed by atoms with E-state index in [9.17, 15) is 18.4 Å². The number of ether oxygens (including phenoxy) is 2. The molecular formula is C15H18F2N2O4. The van der Waals surface area contributed by atoms with Crippen LogP contribution in [0.5, 0.6) is 0 Å². The molecule has 0 aromatic heterocycles. The minimum Gasteiger partial charge on any atom is -0.465 e. The second-order valence-corrected chi connectivity index (χ2v) is 5.45. The quantitative estimate of drug-likeness (QED) is 0.814. The van der Waals surface area contributed by atoms with E-state index in [0.29, 0.717) is 12.7 Å². The van der Waals surface area contributed by atoms with Crippen molar-refractivity contribution >= 4 is 17.7 Å². The summed E-state index contributed by atoms with van der Waals surface area (Å²) in [6, 6.07) is 0.815. The fraction of sp³-hybridized carbons (Fsp3) is 0.467. The van der Waals surface area contributed by atoms with Crippen LogP contribution in [-0.2, 0) is 9.47 Å². The molecule has 0 heterocycles. The van der Waals surface area contributed by atoms with Gasteiger partial charge < -0.3 is 20.1 Å². The Balaban J connectivity index is 2.14. The Labute approximate surface area is 132 Å². The SMILES string of the molecule is COCC1(NC(=O)Nc2cc(F)cc(C(=O)OC)c2F)CCC1. The van der Waals surface area contributed by atoms with Crippen LogP contribution < -0.4 is 10.6 Å². The Morgan fingerprint density at radius 1 is 1.26 bits per heavy atom. The molecule has 0 atom stereocenters. The van der Waals surface area contributed by atoms with Gasteiger partial charge in [-0.3, -0.25) is 0 Å². The van der Waals surface area contributed by atoms with Gasteiger partial charge in [-0.05, 0) is 25.3 Å². The average molecular weight is 328 g/mol. The number of anilines is 1. The maximum atomic E-state index is 14.2. The van der Waals surface area contributed by atoms with E-state index in [0.717, 1.165) is 32.4 Å². The number of hydrogen-bond donors (Lipinski definition) is 2. The molecule has 0 bridgehead atoms. The lowest BCUT2D eigenvalue weighted by molar-refractivity contribution is 0.0594. The van der Waals surface area contributed by atoms with Crippen molar-refractivity contribution in [1.82, 2.24) is 5.32 Å². The number of nitrogens with one attached hydrogen (secondary N) is 2. The van der Waals surface area contributed by atoms with Crippen LogP contribution in [0.4, 0.5) is 19.3 Å². The molecule has 0 aliphatic heterocycles. The molecule has 2 rings (SSSR count). The summed E-state index contributed by atoms with van der Waals surface area (Å²) in [5.74, 6) is -2.94. The second-order valence-electron chi connectivity index (χ2n) is 5.45. The normalized spacial score (nSPS) is 15.5. The van der Waals surface area contributed by atoms with E-state index in [2.05, 4.69) is 15.4 Å². The van der Waals surface area contributed by atoms with Crippen molar-refractivity contribution in [2.45, 2.75) is 24.8 Å². The van der Waals surface area contributed by atoms with Gasteiger partial charge in [0.15, 0.2) is 5.82 Å². The molecule has 1 fully saturated rings. The molecule has 0 spiro atoms. The van der Waals surface area contributed by atoms with Gasteiger partial charge in [0.1, 0.15) is 11.4 Å². The monoisotopic (exact) mass is 328 g/mol. The summed E-state index contributed by atoms with van der Waals surface area (Å²) in [7, 11) is 2.58. The van der Waals surface area contributed by atoms with Crippen molar-refractivity contribution in [3.05, 3.63) is 29.3 Å². The Morgan fingerprint density at radius 3 is 2.48 bits per heavy atom. The zero-order valence-corrected chi connectivity index (χ0v) is 12.9. The van der Waals surface area contributed by atoms with E-state index in [4.69, 9.17) is 4.74 Å². The van der Waals surface area contributed by atoms with Gasteiger partial charge in [-0.15, -0.1) is 0 Å². The lowest BCUT2D eigenvalue weighted by Crippen LogP contribution is -2.57. The molecule has 23 heavy (non-hydrogen) atoms. The number of amides is 2. The van der Waals surface area contributed by atoms with Gasteiger partial charge >= 0.3 is 12.0 Å². The number of hydrogen-bond acceptors (Lipinski definition) is 4. The Morgan fingerprint density at radius 2 is 1.96 bits per heavy atom. The number of carbonyl (C=O) groups excluding carboxylic acids is 2. The van der Waals surface area contributed by atoms with Crippen LogP contribution >= 0.6 is 0 Å². The van der Waals surface area contributed by atoms with Gasteiger partial charge in [-0.1, -0.05) is 0 Å². The van der Waals surface area contributed by atoms with Crippen LogP contribution in [0, 0.1) is 11.6 Å². The Kier molecular flexibility index (Phi) is 5.15. The van der Waals surface area contributed by atoms with E-state index in [1.165, 1.54) is 7.11 Å². The predicted octanol–water partition coefficient (Wildman–Crippen LogP) is 2.44. The molecule has 1 aliphatic rings. The van der Waals surface area contributed by atoms with Gasteiger partial charge in [0.25, 0.3) is 0 Å². The predicted molar refractivity (Wildman–Crippen MR) is 78.3 cm³/mol. The summed E-state index contributed by atoms with van der Waals surface area (Å²) in [5, 5.41) is 4.93. The number of carbonyl (C=O) groups is 2. The zero-order valence-electron chi connectivity index (χ0n) is 12.9. The second kappa shape index (κ2) is 6.91. The highest BCUT2D eigenvalue weighted by molar-refractivity contribution is 5.94. The molecule has 2 N–H and O–H groups in total. The molecule has 8 heteroatoms. The van der Waals surface area contributed by atoms with Gasteiger partial charge in [0, 0.05) is 13.2 Å². The maximum Gasteiger partial charge on any atom is 0.341 e. The van der Waals surface area contributed by atoms with Gasteiger partial charge in [-0.25, -0.2) is 18.4 Å². The Bertz CT molecular complexity index is 618. The molecule has 1 aliphatic carbocycles. The van der Waals surface area contributed by atoms with Crippen molar-refractivity contribution in [2.75, 3.05) is 26.1 Å². The summed E-state index contributed by atoms with van der Waals surface area (Å²) in [6.07, 6.45) is 2.44. The Hall–Kier alpha value is -2.22. The number of esters is 1. The third kappa shape index (κ3) is 3.76. The fourth-order valence-electron chi connectivity index (χ4n) is 2.52. The molecule has 0 radical (unpaired) electrons. The highest BCUT2D eigenvalue weighted by Crippen LogP contribution is 2.32. The standard InChI is InChI=1S/C15H18F2N2O4/c1-22-8-15(4-3-5-15)19-14(21)18-11-7-9(16)6-10(12(11)17)13(20)23-2/h6-7H,3-5,8H2,1-2H3,(H2,18,19,21). The van der Waals surface area contributed by atoms with Crippen LogP contribution in [-0.4, -0.2) is 38.4 Å². The lowest BCUT2D eigenvalue weighted by Gasteiger charge is -2.41. The van der Waals surface area contributed by atoms with Crippen molar-refractivity contribution in [3.63, 3.8) is 0 Å². The van der Waals surface area contributed by atoms with Crippen LogP contribution in [0.15, 0.2) is 12.1 Å². The number of halogens is 2. The molecule has 6 nitrogen and oxygen atoms in total. The maximum absolute atomic E-state index is 14.2. The van der Waals surface area contributed by atoms with Gasteiger partial charge in [0.2, 0.25) is 0 Å². The van der Waals surface area contributed by atoms with Crippen molar-refractivity contribution < 1.29 is 27.8 Å². The lowest BCUT2D eigenvalue weighted by atomic mass is 9.77. The van der Waals surface area contributed by atoms with Crippen LogP contribution in [0.1, 0.15) is 29.6 Å². The van der Waals surface area contributed by atoms with Gasteiger partial charge in [0.05, 0.1) is 24.9 Å². The third-order valence-corrected chi connectivity index (χ3v) is 3.80. The van der Waals surface area contributed by atoms with E-state index in [-0.39, 0.29) is 0 Å². The van der Waals surface area contributed by atoms with E-state index >= 15 is 0 Å². The highest BCUT2D eigenvalue weighted by Gasteiger charge is 2.38. The smallest absolute Gasteiger partial charge is 0.341 e. The van der Waals surface area contributed by atoms with Gasteiger partial charge in [-0.2, -0.15) is 0 Å². The summed E-state index contributed by atoms with van der Waals surface area (Å²) in [6.45, 7) is 0.333. The van der Waals surface area contributed by atoms with Crippen LogP contribution in [0.25, 0.3) is 0 Å². The first-order valence-corrected chi connectivity index (χ1v) is 7.06. The minimum absolute atomic E-state index is 0.333. The van der Waals surface area contributed by atoms with E-state index < -0.39 is 40.4 Å². The summed E-state index contributed by atoms with van der Waals surface area (Å²) in [5.41, 5.74) is -1.51. The average Bonchev–Trinajstić information content (AvgIpc) is 2.47. The molecule has 0 saturated heterocycles. The number of urea groups is 1. The van der Waals surface area contributed by atoms with Crippen LogP contribution in [0.3, 0.4) is 0 Å². The third-order valence-electron chi connectivity index (χ3n) is 3.80.